The minimum Gasteiger partial charge on any atom is -0.457 e. The molecule has 3 saturated heterocycles. The fourth-order valence-corrected chi connectivity index (χ4v) is 11.1. The van der Waals surface area contributed by atoms with Crippen LogP contribution in [-0.2, 0) is 81.5 Å². The summed E-state index contributed by atoms with van der Waals surface area (Å²) in [5.74, 6) is -5.97. The molecule has 4 heterocycles. The Bertz CT molecular complexity index is 2800. The summed E-state index contributed by atoms with van der Waals surface area (Å²) < 4.78 is 55.2. The normalized spacial score (nSPS) is 29.7. The van der Waals surface area contributed by atoms with E-state index in [1.807, 2.05) is 67.6 Å². The van der Waals surface area contributed by atoms with Crippen molar-refractivity contribution in [1.82, 2.24) is 15.2 Å². The number of amides is 2. The maximum Gasteiger partial charge on any atom is 0.509 e. The number of pyridine rings is 1. The monoisotopic (exact) mass is 1110 g/mol. The Morgan fingerprint density at radius 1 is 0.850 bits per heavy atom. The standard InChI is InChI=1S/C60H76N4O16/c1-11-47-60(8)53(79-58(70)80-60)38(4)49(63-74-35-48(65)62-29-18-24-41-26-27-45-44(31-41)25-19-28-61-45)36(2)32-59(7,71-10)52(39(5)50(66)40(6)54(67)76-47)78-55-51(77-57(69)73-34-43-22-16-13-17-23-43)46(30-37(3)75-55)64(9)56(68)72-33-42-20-14-12-15-21-42/h12-17,19-23,25-28,31,36-40,46-47,51-53,55H,11,18,24,29-30,32-35H2,1-10H3,(H,62,65)/b63-49+/t36-,37-,38+,39+,40-,46+,47-,51-,52-,53-,55+,59+,60-/m1/s1. The van der Waals surface area contributed by atoms with Gasteiger partial charge in [0.1, 0.15) is 25.2 Å². The van der Waals surface area contributed by atoms with Crippen molar-refractivity contribution < 1.29 is 76.2 Å². The number of likely N-dealkylation sites (N-methyl/N-ethyl adjacent to an activating group) is 1. The Labute approximate surface area is 467 Å². The molecule has 3 aliphatic rings. The van der Waals surface area contributed by atoms with E-state index in [-0.39, 0.29) is 32.5 Å². The van der Waals surface area contributed by atoms with Crippen LogP contribution in [0.25, 0.3) is 10.9 Å². The van der Waals surface area contributed by atoms with Crippen LogP contribution in [0.2, 0.25) is 0 Å². The number of hydrogen-bond donors (Lipinski definition) is 1. The number of fused-ring (bicyclic) bond motifs is 2. The molecule has 20 nitrogen and oxygen atoms in total. The van der Waals surface area contributed by atoms with Gasteiger partial charge in [-0.05, 0) is 94.7 Å². The van der Waals surface area contributed by atoms with Crippen LogP contribution < -0.4 is 5.32 Å². The van der Waals surface area contributed by atoms with Crippen LogP contribution >= 0.6 is 0 Å². The Kier molecular flexibility index (Phi) is 20.7. The lowest BCUT2D eigenvalue weighted by Gasteiger charge is -2.47. The van der Waals surface area contributed by atoms with Gasteiger partial charge in [0.25, 0.3) is 5.91 Å². The summed E-state index contributed by atoms with van der Waals surface area (Å²) >= 11 is 0. The van der Waals surface area contributed by atoms with Crippen LogP contribution in [0.15, 0.2) is 102 Å². The Morgan fingerprint density at radius 2 is 1.54 bits per heavy atom. The molecule has 20 heteroatoms. The maximum absolute atomic E-state index is 14.9. The van der Waals surface area contributed by atoms with Crippen molar-refractivity contribution in [3.05, 3.63) is 114 Å². The predicted octanol–water partition coefficient (Wildman–Crippen LogP) is 9.07. The molecule has 2 amide bonds. The van der Waals surface area contributed by atoms with E-state index < -0.39 is 120 Å². The molecule has 0 radical (unpaired) electrons. The SMILES string of the molecule is CC[C@H]1OC(=O)[C@H](C)C(=O)[C@H](C)[C@@H](O[C@@H]2O[C@H](C)C[C@H](N(C)C(=O)OCc3ccccc3)[C@H]2OC(=O)OCc2ccccc2)[C@@](C)(OC)C[C@@H](C)/C(=N\OCC(=O)NCCCc2ccc3ncccc3c2)[C@H](C)[C@H]2OC(=O)O[C@@]21C. The second-order valence-corrected chi connectivity index (χ2v) is 21.4. The van der Waals surface area contributed by atoms with Crippen LogP contribution in [-0.4, -0.2) is 133 Å². The van der Waals surface area contributed by atoms with Crippen LogP contribution in [0.5, 0.6) is 0 Å². The van der Waals surface area contributed by atoms with Crippen molar-refractivity contribution in [3.63, 3.8) is 0 Å². The number of carbonyl (C=O) groups is 6. The van der Waals surface area contributed by atoms with Gasteiger partial charge in [-0.2, -0.15) is 0 Å². The molecule has 0 spiro atoms. The minimum atomic E-state index is -1.57. The zero-order valence-electron chi connectivity index (χ0n) is 47.3. The first-order valence-electron chi connectivity index (χ1n) is 27.4. The number of rotatable bonds is 17. The van der Waals surface area contributed by atoms with Crippen LogP contribution in [0.1, 0.15) is 97.8 Å². The van der Waals surface area contributed by atoms with Gasteiger partial charge in [-0.25, -0.2) is 14.4 Å². The summed E-state index contributed by atoms with van der Waals surface area (Å²) in [6, 6.07) is 27.1. The number of cyclic esters (lactones) is 1. The Balaban J connectivity index is 1.19. The van der Waals surface area contributed by atoms with E-state index in [2.05, 4.69) is 21.5 Å². The van der Waals surface area contributed by atoms with Crippen LogP contribution in [0.4, 0.5) is 14.4 Å². The molecule has 432 valence electrons. The van der Waals surface area contributed by atoms with E-state index in [0.717, 1.165) is 22.0 Å². The molecular weight excluding hydrogens is 1030 g/mol. The zero-order chi connectivity index (χ0) is 57.7. The number of aromatic nitrogens is 1. The van der Waals surface area contributed by atoms with E-state index in [9.17, 15) is 28.8 Å². The number of benzene rings is 3. The quantitative estimate of drug-likeness (QED) is 0.0341. The molecule has 1 aromatic heterocycles. The first kappa shape index (κ1) is 60.5. The number of esters is 1. The van der Waals surface area contributed by atoms with Gasteiger partial charge in [0, 0.05) is 50.0 Å². The highest BCUT2D eigenvalue weighted by molar-refractivity contribution is 6.00. The first-order valence-corrected chi connectivity index (χ1v) is 27.4. The molecule has 13 atom stereocenters. The van der Waals surface area contributed by atoms with Gasteiger partial charge < -0.3 is 57.7 Å². The maximum atomic E-state index is 14.9. The molecule has 1 N–H and O–H groups in total. The fourth-order valence-electron chi connectivity index (χ4n) is 11.1. The number of hydrogen-bond acceptors (Lipinski definition) is 18. The number of nitrogens with zero attached hydrogens (tertiary/aromatic N) is 3. The molecule has 0 unspecified atom stereocenters. The third-order valence-corrected chi connectivity index (χ3v) is 15.5. The summed E-state index contributed by atoms with van der Waals surface area (Å²) in [4.78, 5) is 94.9. The van der Waals surface area contributed by atoms with E-state index >= 15 is 0 Å². The highest BCUT2D eigenvalue weighted by Crippen LogP contribution is 2.43. The number of aryl methyl sites for hydroxylation is 1. The van der Waals surface area contributed by atoms with Gasteiger partial charge in [0.15, 0.2) is 36.5 Å². The summed E-state index contributed by atoms with van der Waals surface area (Å²) in [6.45, 7) is 13.2. The predicted molar refractivity (Wildman–Crippen MR) is 292 cm³/mol. The molecule has 80 heavy (non-hydrogen) atoms. The van der Waals surface area contributed by atoms with Gasteiger partial charge in [-0.1, -0.05) is 106 Å². The van der Waals surface area contributed by atoms with Crippen molar-refractivity contribution in [2.24, 2.45) is 28.8 Å². The Hall–Kier alpha value is -7.16. The summed E-state index contributed by atoms with van der Waals surface area (Å²) in [5, 5.41) is 8.51. The zero-order valence-corrected chi connectivity index (χ0v) is 47.3. The second kappa shape index (κ2) is 27.3. The Morgan fingerprint density at radius 3 is 2.21 bits per heavy atom. The third kappa shape index (κ3) is 14.8. The van der Waals surface area contributed by atoms with Gasteiger partial charge in [0.05, 0.1) is 35.1 Å². The van der Waals surface area contributed by atoms with Crippen LogP contribution in [0, 0.1) is 23.7 Å². The number of methoxy groups -OCH3 is 1. The molecule has 3 aliphatic heterocycles. The molecule has 0 aliphatic carbocycles. The largest absolute Gasteiger partial charge is 0.509 e. The number of oxime groups is 1. The molecular formula is C60H76N4O16. The van der Waals surface area contributed by atoms with E-state index in [1.54, 1.807) is 72.0 Å². The molecule has 3 fully saturated rings. The van der Waals surface area contributed by atoms with Crippen molar-refractivity contribution in [2.75, 3.05) is 27.3 Å². The van der Waals surface area contributed by atoms with Crippen molar-refractivity contribution in [1.29, 1.82) is 0 Å². The lowest BCUT2D eigenvalue weighted by atomic mass is 9.74. The van der Waals surface area contributed by atoms with E-state index in [4.69, 9.17) is 47.5 Å². The lowest BCUT2D eigenvalue weighted by Crippen LogP contribution is -2.61. The average molecular weight is 1110 g/mol. The number of Topliss-reactive ketones (excluding diaryl/α,β-unsaturated/α-hetero) is 1. The second-order valence-electron chi connectivity index (χ2n) is 21.4. The van der Waals surface area contributed by atoms with E-state index in [0.29, 0.717) is 30.7 Å². The number of ketones is 1. The van der Waals surface area contributed by atoms with Crippen molar-refractivity contribution in [2.45, 2.75) is 155 Å². The van der Waals surface area contributed by atoms with Gasteiger partial charge in [-0.15, -0.1) is 0 Å². The average Bonchev–Trinajstić information content (AvgIpc) is 3.78. The molecule has 0 bridgehead atoms. The summed E-state index contributed by atoms with van der Waals surface area (Å²) in [7, 11) is 2.95. The van der Waals surface area contributed by atoms with Gasteiger partial charge >= 0.3 is 24.4 Å². The summed E-state index contributed by atoms with van der Waals surface area (Å²) in [6.07, 6.45) is -6.41. The minimum absolute atomic E-state index is 0.0195. The fraction of sp³-hybridized carbons (Fsp3) is 0.533. The lowest BCUT2D eigenvalue weighted by molar-refractivity contribution is -0.295. The topological polar surface area (TPSA) is 235 Å². The van der Waals surface area contributed by atoms with Crippen molar-refractivity contribution >= 4 is 52.7 Å². The number of ether oxygens (including phenoxy) is 9. The summed E-state index contributed by atoms with van der Waals surface area (Å²) in [5.41, 5.74) is 0.685. The van der Waals surface area contributed by atoms with Crippen LogP contribution in [0.3, 0.4) is 0 Å². The highest BCUT2D eigenvalue weighted by atomic mass is 16.8. The molecule has 0 saturated carbocycles. The third-order valence-electron chi connectivity index (χ3n) is 15.5. The number of carbonyl (C=O) groups excluding carboxylic acids is 6. The van der Waals surface area contributed by atoms with Gasteiger partial charge in [-0.3, -0.25) is 19.4 Å². The van der Waals surface area contributed by atoms with Crippen molar-refractivity contribution in [3.8, 4) is 0 Å². The first-order chi connectivity index (χ1) is 38.2. The molecule has 3 aromatic carbocycles. The smallest absolute Gasteiger partial charge is 0.457 e. The number of nitrogens with one attached hydrogen (secondary N) is 1. The highest BCUT2D eigenvalue weighted by Gasteiger charge is 2.59. The molecule has 4 aromatic rings. The molecule has 7 rings (SSSR count). The van der Waals surface area contributed by atoms with E-state index in [1.165, 1.54) is 26.0 Å². The van der Waals surface area contributed by atoms with Gasteiger partial charge in [0.2, 0.25) is 0 Å².